The van der Waals surface area contributed by atoms with E-state index in [2.05, 4.69) is 74.9 Å². The van der Waals surface area contributed by atoms with Crippen molar-refractivity contribution < 1.29 is 0 Å². The van der Waals surface area contributed by atoms with Gasteiger partial charge in [-0.3, -0.25) is 0 Å². The molecule has 1 heteroatoms. The maximum atomic E-state index is 3.79. The fraction of sp³-hybridized carbons (Fsp3) is 0.300. The van der Waals surface area contributed by atoms with Crippen LogP contribution in [-0.2, 0) is 0 Å². The second-order valence-corrected chi connectivity index (χ2v) is 5.59. The summed E-state index contributed by atoms with van der Waals surface area (Å²) in [7, 11) is 0. The summed E-state index contributed by atoms with van der Waals surface area (Å²) < 4.78 is 0. The maximum Gasteiger partial charge on any atom is 0.0455 e. The van der Waals surface area contributed by atoms with E-state index < -0.39 is 0 Å². The predicted octanol–water partition coefficient (Wildman–Crippen LogP) is 5.76. The zero-order valence-corrected chi connectivity index (χ0v) is 13.3. The Labute approximate surface area is 129 Å². The van der Waals surface area contributed by atoms with E-state index in [1.165, 1.54) is 22.5 Å². The molecule has 21 heavy (non-hydrogen) atoms. The fourth-order valence-corrected chi connectivity index (χ4v) is 2.81. The quantitative estimate of drug-likeness (QED) is 0.619. The monoisotopic (exact) mass is 279 g/mol. The van der Waals surface area contributed by atoms with E-state index in [1.54, 1.807) is 0 Å². The normalized spacial score (nSPS) is 18.3. The lowest BCUT2D eigenvalue weighted by molar-refractivity contribution is 0.647. The number of hydrogen-bond acceptors (Lipinski definition) is 1. The fourth-order valence-electron chi connectivity index (χ4n) is 2.81. The number of hydrogen-bond donors (Lipinski definition) is 0. The van der Waals surface area contributed by atoms with Gasteiger partial charge in [0.1, 0.15) is 0 Å². The molecule has 1 aliphatic carbocycles. The molecule has 2 rings (SSSR count). The molecule has 0 saturated carbocycles. The second kappa shape index (κ2) is 7.12. The number of allylic oxidation sites excluding steroid dienone is 5. The average molecular weight is 279 g/mol. The minimum Gasteiger partial charge on any atom is -0.317 e. The second-order valence-electron chi connectivity index (χ2n) is 5.59. The third-order valence-electron chi connectivity index (χ3n) is 4.01. The van der Waals surface area contributed by atoms with E-state index in [0.717, 1.165) is 12.8 Å². The van der Waals surface area contributed by atoms with Crippen molar-refractivity contribution in [2.45, 2.75) is 33.6 Å². The first-order valence-electron chi connectivity index (χ1n) is 7.72. The van der Waals surface area contributed by atoms with Gasteiger partial charge in [-0.1, -0.05) is 50.3 Å². The third kappa shape index (κ3) is 3.55. The molecule has 0 amide bonds. The van der Waals surface area contributed by atoms with Crippen molar-refractivity contribution in [3.63, 3.8) is 0 Å². The van der Waals surface area contributed by atoms with Gasteiger partial charge in [-0.15, -0.1) is 0 Å². The van der Waals surface area contributed by atoms with E-state index >= 15 is 0 Å². The lowest BCUT2D eigenvalue weighted by Crippen LogP contribution is -2.20. The Morgan fingerprint density at radius 2 is 2.00 bits per heavy atom. The summed E-state index contributed by atoms with van der Waals surface area (Å²) in [6.07, 6.45) is 12.7. The smallest absolute Gasteiger partial charge is 0.0455 e. The van der Waals surface area contributed by atoms with Crippen molar-refractivity contribution >= 4 is 5.69 Å². The Kier molecular flexibility index (Phi) is 5.21. The zero-order chi connectivity index (χ0) is 15.2. The molecular formula is C20H25N. The number of anilines is 1. The van der Waals surface area contributed by atoms with Gasteiger partial charge in [0.25, 0.3) is 0 Å². The van der Waals surface area contributed by atoms with E-state index in [-0.39, 0.29) is 0 Å². The van der Waals surface area contributed by atoms with E-state index in [9.17, 15) is 0 Å². The SMILES string of the molecule is C=C/C=C/N(C1=C(CC)C(C)CC=C1)c1ccc(C)cc1. The maximum absolute atomic E-state index is 3.79. The van der Waals surface area contributed by atoms with Crippen molar-refractivity contribution in [3.8, 4) is 0 Å². The molecule has 1 aromatic rings. The molecule has 0 aliphatic heterocycles. The molecule has 0 fully saturated rings. The summed E-state index contributed by atoms with van der Waals surface area (Å²) in [5.74, 6) is 0.611. The summed E-state index contributed by atoms with van der Waals surface area (Å²) in [5.41, 5.74) is 5.30. The zero-order valence-electron chi connectivity index (χ0n) is 13.3. The van der Waals surface area contributed by atoms with E-state index in [4.69, 9.17) is 0 Å². The number of rotatable bonds is 5. The number of benzene rings is 1. The molecule has 0 radical (unpaired) electrons. The van der Waals surface area contributed by atoms with E-state index in [1.807, 2.05) is 12.2 Å². The van der Waals surface area contributed by atoms with Crippen LogP contribution in [0.25, 0.3) is 0 Å². The number of aryl methyl sites for hydroxylation is 1. The highest BCUT2D eigenvalue weighted by atomic mass is 15.1. The Morgan fingerprint density at radius 1 is 1.29 bits per heavy atom. The summed E-state index contributed by atoms with van der Waals surface area (Å²) >= 11 is 0. The Balaban J connectivity index is 2.49. The standard InChI is InChI=1S/C20H25N/c1-5-7-15-21(18-13-11-16(3)12-14-18)20-10-8-9-17(4)19(20)6-2/h5,7-8,10-15,17H,1,6,9H2,2-4H3/b15-7+. The molecule has 0 heterocycles. The van der Waals surface area contributed by atoms with Crippen molar-refractivity contribution in [1.29, 1.82) is 0 Å². The van der Waals surface area contributed by atoms with Crippen molar-refractivity contribution in [2.24, 2.45) is 5.92 Å². The third-order valence-corrected chi connectivity index (χ3v) is 4.01. The highest BCUT2D eigenvalue weighted by molar-refractivity contribution is 5.60. The first-order chi connectivity index (χ1) is 10.2. The Bertz CT molecular complexity index is 572. The first-order valence-corrected chi connectivity index (χ1v) is 7.72. The van der Waals surface area contributed by atoms with Crippen LogP contribution < -0.4 is 4.90 Å². The van der Waals surface area contributed by atoms with Crippen LogP contribution in [0.1, 0.15) is 32.3 Å². The summed E-state index contributed by atoms with van der Waals surface area (Å²) in [5, 5.41) is 0. The van der Waals surface area contributed by atoms with E-state index in [0.29, 0.717) is 5.92 Å². The molecule has 0 spiro atoms. The van der Waals surface area contributed by atoms with Gasteiger partial charge in [0.05, 0.1) is 0 Å². The Hall–Kier alpha value is -2.02. The summed E-state index contributed by atoms with van der Waals surface area (Å²) in [6.45, 7) is 10.5. The topological polar surface area (TPSA) is 3.24 Å². The van der Waals surface area contributed by atoms with Crippen molar-refractivity contribution in [2.75, 3.05) is 4.90 Å². The minimum atomic E-state index is 0.611. The molecule has 1 unspecified atom stereocenters. The minimum absolute atomic E-state index is 0.611. The van der Waals surface area contributed by atoms with Gasteiger partial charge in [-0.2, -0.15) is 0 Å². The molecule has 0 N–H and O–H groups in total. The van der Waals surface area contributed by atoms with Gasteiger partial charge in [-0.25, -0.2) is 0 Å². The van der Waals surface area contributed by atoms with Crippen LogP contribution in [0.15, 0.2) is 72.6 Å². The van der Waals surface area contributed by atoms with Crippen molar-refractivity contribution in [1.82, 2.24) is 0 Å². The molecule has 0 bridgehead atoms. The molecule has 0 aromatic heterocycles. The van der Waals surface area contributed by atoms with Crippen LogP contribution >= 0.6 is 0 Å². The molecular weight excluding hydrogens is 254 g/mol. The van der Waals surface area contributed by atoms with Gasteiger partial charge in [-0.05, 0) is 55.5 Å². The van der Waals surface area contributed by atoms with Gasteiger partial charge >= 0.3 is 0 Å². The summed E-state index contributed by atoms with van der Waals surface area (Å²) in [6, 6.07) is 8.67. The summed E-state index contributed by atoms with van der Waals surface area (Å²) in [4.78, 5) is 2.27. The van der Waals surface area contributed by atoms with Crippen LogP contribution in [0.2, 0.25) is 0 Å². The molecule has 1 aliphatic rings. The Morgan fingerprint density at radius 3 is 2.62 bits per heavy atom. The largest absolute Gasteiger partial charge is 0.317 e. The van der Waals surface area contributed by atoms with Gasteiger partial charge < -0.3 is 4.90 Å². The first kappa shape index (κ1) is 15.4. The highest BCUT2D eigenvalue weighted by Gasteiger charge is 2.18. The van der Waals surface area contributed by atoms with Gasteiger partial charge in [0.15, 0.2) is 0 Å². The van der Waals surface area contributed by atoms with Gasteiger partial charge in [0.2, 0.25) is 0 Å². The molecule has 0 saturated heterocycles. The molecule has 110 valence electrons. The molecule has 1 nitrogen and oxygen atoms in total. The van der Waals surface area contributed by atoms with Crippen LogP contribution in [0, 0.1) is 12.8 Å². The predicted molar refractivity (Wildman–Crippen MR) is 93.2 cm³/mol. The lowest BCUT2D eigenvalue weighted by atomic mass is 9.89. The lowest BCUT2D eigenvalue weighted by Gasteiger charge is -2.29. The highest BCUT2D eigenvalue weighted by Crippen LogP contribution is 2.32. The van der Waals surface area contributed by atoms with Crippen molar-refractivity contribution in [3.05, 3.63) is 78.2 Å². The molecule has 1 aromatic carbocycles. The molecule has 1 atom stereocenters. The number of nitrogens with zero attached hydrogens (tertiary/aromatic N) is 1. The van der Waals surface area contributed by atoms with Crippen LogP contribution in [0.4, 0.5) is 5.69 Å². The van der Waals surface area contributed by atoms with Crippen LogP contribution in [0.3, 0.4) is 0 Å². The van der Waals surface area contributed by atoms with Gasteiger partial charge in [0, 0.05) is 17.6 Å². The average Bonchev–Trinajstić information content (AvgIpc) is 2.49. The van der Waals surface area contributed by atoms with Crippen LogP contribution in [0.5, 0.6) is 0 Å². The van der Waals surface area contributed by atoms with Crippen LogP contribution in [-0.4, -0.2) is 0 Å².